The molecule has 0 amide bonds. The van der Waals surface area contributed by atoms with Crippen molar-refractivity contribution in [1.82, 2.24) is 20.7 Å². The van der Waals surface area contributed by atoms with Gasteiger partial charge in [0.05, 0.1) is 17.0 Å². The fraction of sp³-hybridized carbons (Fsp3) is 0.240. The third-order valence-corrected chi connectivity index (χ3v) is 9.77. The highest BCUT2D eigenvalue weighted by Gasteiger charge is 2.18. The standard InChI is InChI=1S/C27H26N2.C19H21N3.2C2H6/c1-3-4-5-10-21-11-8-13-24-26(21)27-23-12-7-6-9-20(23)14-15-25(27)29(24)22-16-17-28-19(2)18-22;1-14(15-7-3-2-4-8-15)21-22-19(20)18-12-11-16-9-5-6-10-17(16)13-18;2*1-2/h3-7,9-10,12-16,18,28H,8,11,17H2,1-2H3;2-14,19,21-22H,20H2,1H3;2*1-2H3/b4-3-,10-5-;;;. The number of allylic oxidation sites excluding steroid dienone is 7. The average molecular weight is 730 g/mol. The van der Waals surface area contributed by atoms with Gasteiger partial charge in [-0.25, -0.2) is 10.9 Å². The molecular formula is C50H59N5. The number of hydrogen-bond acceptors (Lipinski definition) is 4. The molecule has 1 aliphatic heterocycles. The van der Waals surface area contributed by atoms with Crippen molar-refractivity contribution in [1.29, 1.82) is 0 Å². The number of rotatable bonds is 8. The number of hydrogen-bond donors (Lipinski definition) is 4. The van der Waals surface area contributed by atoms with E-state index < -0.39 is 0 Å². The van der Waals surface area contributed by atoms with Crippen LogP contribution in [0.25, 0.3) is 49.8 Å². The van der Waals surface area contributed by atoms with Crippen molar-refractivity contribution in [2.45, 2.75) is 73.5 Å². The summed E-state index contributed by atoms with van der Waals surface area (Å²) in [6, 6.07) is 38.4. The first-order chi connectivity index (χ1) is 27.0. The summed E-state index contributed by atoms with van der Waals surface area (Å²) in [4.78, 5) is 0. The molecule has 5 nitrogen and oxygen atoms in total. The topological polar surface area (TPSA) is 67.0 Å². The van der Waals surface area contributed by atoms with Gasteiger partial charge in [0, 0.05) is 34.6 Å². The van der Waals surface area contributed by atoms with Gasteiger partial charge >= 0.3 is 0 Å². The lowest BCUT2D eigenvalue weighted by Crippen LogP contribution is -2.41. The normalized spacial score (nSPS) is 14.7. The van der Waals surface area contributed by atoms with Crippen LogP contribution in [0, 0.1) is 0 Å². The summed E-state index contributed by atoms with van der Waals surface area (Å²) in [5.41, 5.74) is 20.2. The fourth-order valence-electron chi connectivity index (χ4n) is 7.14. The lowest BCUT2D eigenvalue weighted by Gasteiger charge is -2.20. The van der Waals surface area contributed by atoms with Gasteiger partial charge in [0.1, 0.15) is 0 Å². The average Bonchev–Trinajstić information content (AvgIpc) is 3.60. The highest BCUT2D eigenvalue weighted by molar-refractivity contribution is 6.09. The molecule has 2 heterocycles. The maximum atomic E-state index is 6.24. The smallest absolute Gasteiger partial charge is 0.0938 e. The molecule has 5 heteroatoms. The number of hydrazine groups is 1. The molecule has 55 heavy (non-hydrogen) atoms. The number of nitrogens with zero attached hydrogens (tertiary/aromatic N) is 1. The zero-order valence-corrected chi connectivity index (χ0v) is 33.7. The van der Waals surface area contributed by atoms with Gasteiger partial charge in [-0.05, 0) is 96.1 Å². The highest BCUT2D eigenvalue weighted by Crippen LogP contribution is 2.27. The lowest BCUT2D eigenvalue weighted by atomic mass is 9.98. The number of benzene rings is 5. The van der Waals surface area contributed by atoms with Crippen LogP contribution in [0.5, 0.6) is 0 Å². The van der Waals surface area contributed by atoms with E-state index in [1.807, 2.05) is 58.0 Å². The van der Waals surface area contributed by atoms with Crippen LogP contribution >= 0.6 is 0 Å². The van der Waals surface area contributed by atoms with E-state index in [0.717, 1.165) is 24.9 Å². The quantitative estimate of drug-likeness (QED) is 0.0715. The molecule has 8 rings (SSSR count). The number of fused-ring (bicyclic) bond motifs is 6. The first kappa shape index (κ1) is 40.7. The number of nitrogens with two attached hydrogens (primary N) is 1. The maximum absolute atomic E-state index is 6.24. The molecule has 5 N–H and O–H groups in total. The fourth-order valence-corrected chi connectivity index (χ4v) is 7.14. The third-order valence-electron chi connectivity index (χ3n) is 9.77. The number of nitrogens with one attached hydrogen (secondary N) is 3. The molecule has 0 fully saturated rings. The van der Waals surface area contributed by atoms with E-state index in [1.54, 1.807) is 0 Å². The van der Waals surface area contributed by atoms with Crippen LogP contribution in [-0.2, 0) is 0 Å². The van der Waals surface area contributed by atoms with Crippen LogP contribution in [0.2, 0.25) is 0 Å². The van der Waals surface area contributed by atoms with Crippen LogP contribution in [0.15, 0.2) is 151 Å². The second-order valence-corrected chi connectivity index (χ2v) is 13.3. The maximum Gasteiger partial charge on any atom is 0.0938 e. The van der Waals surface area contributed by atoms with E-state index in [1.165, 1.54) is 65.5 Å². The summed E-state index contributed by atoms with van der Waals surface area (Å²) in [5.74, 6) is 0. The van der Waals surface area contributed by atoms with Gasteiger partial charge in [-0.15, -0.1) is 0 Å². The molecule has 1 aromatic heterocycles. The SMILES string of the molecule is C/C=C\C=C/C1=c2c(n(C3=CCNC(C)=C3)c3ccc4ccccc4c23)=CCC1.CC.CC.CC(NNC(N)c1ccc2ccccc2c1)c1ccccc1. The molecule has 0 spiro atoms. The minimum Gasteiger partial charge on any atom is -0.385 e. The van der Waals surface area contributed by atoms with Crippen LogP contribution in [0.3, 0.4) is 0 Å². The molecule has 2 atom stereocenters. The van der Waals surface area contributed by atoms with Crippen molar-refractivity contribution in [3.05, 3.63) is 173 Å². The third kappa shape index (κ3) is 9.62. The van der Waals surface area contributed by atoms with E-state index in [2.05, 4.69) is 163 Å². The van der Waals surface area contributed by atoms with Crippen molar-refractivity contribution >= 4 is 49.8 Å². The summed E-state index contributed by atoms with van der Waals surface area (Å²) in [7, 11) is 0. The van der Waals surface area contributed by atoms with E-state index in [-0.39, 0.29) is 12.2 Å². The Balaban J connectivity index is 0.000000200. The molecule has 2 aliphatic rings. The number of dihydropyridines is 1. The van der Waals surface area contributed by atoms with Crippen LogP contribution in [0.4, 0.5) is 0 Å². The van der Waals surface area contributed by atoms with E-state index in [0.29, 0.717) is 0 Å². The molecule has 5 aromatic carbocycles. The Morgan fingerprint density at radius 1 is 0.745 bits per heavy atom. The molecule has 1 aliphatic carbocycles. The van der Waals surface area contributed by atoms with Gasteiger partial charge in [-0.1, -0.05) is 155 Å². The van der Waals surface area contributed by atoms with Crippen molar-refractivity contribution < 1.29 is 0 Å². The Morgan fingerprint density at radius 3 is 2.18 bits per heavy atom. The van der Waals surface area contributed by atoms with Crippen molar-refractivity contribution in [2.75, 3.05) is 6.54 Å². The molecule has 0 radical (unpaired) electrons. The van der Waals surface area contributed by atoms with Gasteiger partial charge in [-0.3, -0.25) is 0 Å². The predicted molar refractivity (Wildman–Crippen MR) is 240 cm³/mol. The minimum absolute atomic E-state index is 0.188. The Labute approximate surface area is 328 Å². The molecule has 0 saturated carbocycles. The second-order valence-electron chi connectivity index (χ2n) is 13.3. The van der Waals surface area contributed by atoms with Gasteiger partial charge in [-0.2, -0.15) is 0 Å². The first-order valence-electron chi connectivity index (χ1n) is 20.0. The van der Waals surface area contributed by atoms with Crippen LogP contribution in [-0.4, -0.2) is 11.1 Å². The molecule has 0 saturated heterocycles. The summed E-state index contributed by atoms with van der Waals surface area (Å²) in [6.45, 7) is 15.2. The zero-order valence-electron chi connectivity index (χ0n) is 33.7. The highest BCUT2D eigenvalue weighted by atomic mass is 15.4. The van der Waals surface area contributed by atoms with Gasteiger partial charge in [0.15, 0.2) is 0 Å². The largest absolute Gasteiger partial charge is 0.385 e. The van der Waals surface area contributed by atoms with Gasteiger partial charge < -0.3 is 15.6 Å². The summed E-state index contributed by atoms with van der Waals surface area (Å²) < 4.78 is 2.46. The van der Waals surface area contributed by atoms with E-state index >= 15 is 0 Å². The van der Waals surface area contributed by atoms with E-state index in [4.69, 9.17) is 5.73 Å². The van der Waals surface area contributed by atoms with E-state index in [9.17, 15) is 0 Å². The first-order valence-corrected chi connectivity index (χ1v) is 20.0. The number of aromatic nitrogens is 1. The second kappa shape index (κ2) is 20.3. The summed E-state index contributed by atoms with van der Waals surface area (Å²) in [6.07, 6.45) is 17.5. The summed E-state index contributed by atoms with van der Waals surface area (Å²) in [5, 5.41) is 12.6. The zero-order chi connectivity index (χ0) is 39.2. The Hall–Kier alpha value is -5.46. The predicted octanol–water partition coefficient (Wildman–Crippen LogP) is 10.7. The molecular weight excluding hydrogens is 671 g/mol. The van der Waals surface area contributed by atoms with Crippen LogP contribution < -0.4 is 32.5 Å². The van der Waals surface area contributed by atoms with Crippen molar-refractivity contribution in [3.8, 4) is 0 Å². The monoisotopic (exact) mass is 729 g/mol. The molecule has 284 valence electrons. The minimum atomic E-state index is -0.254. The van der Waals surface area contributed by atoms with Crippen molar-refractivity contribution in [2.24, 2.45) is 5.73 Å². The lowest BCUT2D eigenvalue weighted by molar-refractivity contribution is 0.401. The Bertz CT molecular complexity index is 2430. The summed E-state index contributed by atoms with van der Waals surface area (Å²) >= 11 is 0. The molecule has 2 unspecified atom stereocenters. The van der Waals surface area contributed by atoms with Gasteiger partial charge in [0.2, 0.25) is 0 Å². The Kier molecular flexibility index (Phi) is 15.0. The molecule has 6 aromatic rings. The Morgan fingerprint density at radius 2 is 1.44 bits per heavy atom. The van der Waals surface area contributed by atoms with Gasteiger partial charge in [0.25, 0.3) is 0 Å². The molecule has 0 bridgehead atoms. The van der Waals surface area contributed by atoms with Crippen molar-refractivity contribution in [3.63, 3.8) is 0 Å². The van der Waals surface area contributed by atoms with Crippen LogP contribution in [0.1, 0.15) is 84.6 Å².